The molecule has 1 rings (SSSR count). The van der Waals surface area contributed by atoms with E-state index in [-0.39, 0.29) is 0 Å². The molecule has 7 nitrogen and oxygen atoms in total. The molecule has 94 valence electrons. The second-order valence-electron chi connectivity index (χ2n) is 3.83. The first-order valence-electron chi connectivity index (χ1n) is 4.87. The number of likely N-dealkylation sites (N-methyl/N-ethyl adjacent to an activating group) is 1. The molecule has 0 aromatic heterocycles. The predicted octanol–water partition coefficient (Wildman–Crippen LogP) is -1.95. The van der Waals surface area contributed by atoms with Crippen LogP contribution in [0.3, 0.4) is 0 Å². The van der Waals surface area contributed by atoms with Crippen molar-refractivity contribution in [2.75, 3.05) is 20.1 Å². The Hall–Kier alpha value is -0.700. The molecule has 1 fully saturated rings. The number of carboxylic acid groups (broad SMARTS) is 1. The van der Waals surface area contributed by atoms with Crippen LogP contribution >= 0.6 is 0 Å². The van der Waals surface area contributed by atoms with Crippen LogP contribution in [0.1, 0.15) is 6.92 Å². The Morgan fingerprint density at radius 1 is 1.50 bits per heavy atom. The predicted molar refractivity (Wildman–Crippen MR) is 56.4 cm³/mol. The van der Waals surface area contributed by atoms with Gasteiger partial charge < -0.3 is 15.5 Å². The van der Waals surface area contributed by atoms with E-state index in [1.807, 2.05) is 0 Å². The number of sulfonamides is 1. The van der Waals surface area contributed by atoms with Crippen LogP contribution in [0, 0.1) is 0 Å². The number of aliphatic hydroxyl groups is 1. The molecule has 0 spiro atoms. The smallest absolute Gasteiger partial charge is 0.323 e. The quantitative estimate of drug-likeness (QED) is 0.537. The third-order valence-corrected chi connectivity index (χ3v) is 4.98. The first-order valence-corrected chi connectivity index (χ1v) is 6.37. The number of nitrogens with one attached hydrogen (secondary N) is 1. The summed E-state index contributed by atoms with van der Waals surface area (Å²) < 4.78 is 24.6. The monoisotopic (exact) mass is 252 g/mol. The van der Waals surface area contributed by atoms with E-state index >= 15 is 0 Å². The molecule has 3 N–H and O–H groups in total. The number of nitrogens with zero attached hydrogens (tertiary/aromatic N) is 1. The maximum absolute atomic E-state index is 11.8. The zero-order valence-electron chi connectivity index (χ0n) is 9.12. The minimum Gasteiger partial charge on any atom is -0.480 e. The van der Waals surface area contributed by atoms with E-state index in [1.165, 1.54) is 7.05 Å². The fourth-order valence-corrected chi connectivity index (χ4v) is 2.93. The summed E-state index contributed by atoms with van der Waals surface area (Å²) in [5, 5.41) is 19.5. The van der Waals surface area contributed by atoms with Crippen molar-refractivity contribution in [1.29, 1.82) is 0 Å². The molecule has 3 atom stereocenters. The van der Waals surface area contributed by atoms with Gasteiger partial charge in [0.15, 0.2) is 5.25 Å². The summed E-state index contributed by atoms with van der Waals surface area (Å²) in [6, 6.07) is -0.605. The molecule has 0 aromatic rings. The molecule has 0 bridgehead atoms. The molecule has 0 aliphatic carbocycles. The van der Waals surface area contributed by atoms with Gasteiger partial charge in [0, 0.05) is 20.1 Å². The van der Waals surface area contributed by atoms with Gasteiger partial charge in [-0.25, -0.2) is 8.42 Å². The Labute approximate surface area is 94.1 Å². The summed E-state index contributed by atoms with van der Waals surface area (Å²) in [5.41, 5.74) is 0. The molecule has 1 saturated heterocycles. The van der Waals surface area contributed by atoms with Crippen LogP contribution in [0.15, 0.2) is 0 Å². The number of carbonyl (C=O) groups is 1. The minimum absolute atomic E-state index is 0.311. The second kappa shape index (κ2) is 4.66. The van der Waals surface area contributed by atoms with Crippen LogP contribution in [0.25, 0.3) is 0 Å². The first kappa shape index (κ1) is 13.4. The molecule has 1 aliphatic heterocycles. The SMILES string of the molecule is CC(C(=O)O)S(=O)(=O)N(C)[C@H]1CNC[C@@H]1O. The van der Waals surface area contributed by atoms with Crippen molar-refractivity contribution in [3.8, 4) is 0 Å². The van der Waals surface area contributed by atoms with Crippen molar-refractivity contribution in [3.63, 3.8) is 0 Å². The molecule has 1 aliphatic rings. The summed E-state index contributed by atoms with van der Waals surface area (Å²) in [7, 11) is -2.63. The van der Waals surface area contributed by atoms with Gasteiger partial charge in [-0.2, -0.15) is 4.31 Å². The lowest BCUT2D eigenvalue weighted by atomic mass is 10.2. The number of hydrogen-bond donors (Lipinski definition) is 3. The van der Waals surface area contributed by atoms with Gasteiger partial charge in [-0.15, -0.1) is 0 Å². The Kier molecular flexibility index (Phi) is 3.89. The molecular formula is C8H16N2O5S. The zero-order valence-corrected chi connectivity index (χ0v) is 9.94. The Morgan fingerprint density at radius 3 is 2.44 bits per heavy atom. The standard InChI is InChI=1S/C8H16N2O5S/c1-5(8(12)13)16(14,15)10(2)6-3-9-4-7(6)11/h5-7,9,11H,3-4H2,1-2H3,(H,12,13)/t5?,6-,7-/m0/s1. The van der Waals surface area contributed by atoms with E-state index < -0.39 is 33.4 Å². The Morgan fingerprint density at radius 2 is 2.06 bits per heavy atom. The van der Waals surface area contributed by atoms with Crippen molar-refractivity contribution in [3.05, 3.63) is 0 Å². The van der Waals surface area contributed by atoms with E-state index in [9.17, 15) is 18.3 Å². The third kappa shape index (κ3) is 2.34. The van der Waals surface area contributed by atoms with Crippen molar-refractivity contribution in [2.45, 2.75) is 24.3 Å². The third-order valence-electron chi connectivity index (χ3n) is 2.81. The largest absolute Gasteiger partial charge is 0.480 e. The maximum Gasteiger partial charge on any atom is 0.323 e. The van der Waals surface area contributed by atoms with E-state index in [2.05, 4.69) is 5.32 Å². The lowest BCUT2D eigenvalue weighted by molar-refractivity contribution is -0.136. The zero-order chi connectivity index (χ0) is 12.5. The number of carboxylic acids is 1. The van der Waals surface area contributed by atoms with Crippen LogP contribution < -0.4 is 5.32 Å². The summed E-state index contributed by atoms with van der Waals surface area (Å²) in [5.74, 6) is -1.40. The van der Waals surface area contributed by atoms with E-state index in [1.54, 1.807) is 0 Å². The average molecular weight is 252 g/mol. The van der Waals surface area contributed by atoms with Crippen molar-refractivity contribution < 1.29 is 23.4 Å². The summed E-state index contributed by atoms with van der Waals surface area (Å²) >= 11 is 0. The Balaban J connectivity index is 2.87. The van der Waals surface area contributed by atoms with E-state index in [0.29, 0.717) is 13.1 Å². The van der Waals surface area contributed by atoms with E-state index in [4.69, 9.17) is 5.11 Å². The van der Waals surface area contributed by atoms with Gasteiger partial charge in [-0.3, -0.25) is 4.79 Å². The summed E-state index contributed by atoms with van der Waals surface area (Å²) in [6.07, 6.45) is -0.805. The van der Waals surface area contributed by atoms with Gasteiger partial charge in [0.25, 0.3) is 0 Å². The summed E-state index contributed by atoms with van der Waals surface area (Å²) in [4.78, 5) is 10.7. The van der Waals surface area contributed by atoms with Crippen LogP contribution in [0.2, 0.25) is 0 Å². The molecule has 8 heteroatoms. The highest BCUT2D eigenvalue weighted by atomic mass is 32.2. The number of rotatable bonds is 4. The van der Waals surface area contributed by atoms with Gasteiger partial charge in [-0.05, 0) is 6.92 Å². The fraction of sp³-hybridized carbons (Fsp3) is 0.875. The molecular weight excluding hydrogens is 236 g/mol. The normalized spacial score (nSPS) is 28.2. The van der Waals surface area contributed by atoms with Crippen molar-refractivity contribution in [1.82, 2.24) is 9.62 Å². The Bertz CT molecular complexity index is 369. The lowest BCUT2D eigenvalue weighted by Crippen LogP contribution is -2.48. The topological polar surface area (TPSA) is 107 Å². The number of aliphatic carboxylic acids is 1. The van der Waals surface area contributed by atoms with Crippen LogP contribution in [-0.4, -0.2) is 66.4 Å². The fourth-order valence-electron chi connectivity index (χ4n) is 1.59. The van der Waals surface area contributed by atoms with Gasteiger partial charge in [-0.1, -0.05) is 0 Å². The van der Waals surface area contributed by atoms with Gasteiger partial charge in [0.05, 0.1) is 12.1 Å². The van der Waals surface area contributed by atoms with Crippen LogP contribution in [0.5, 0.6) is 0 Å². The highest BCUT2D eigenvalue weighted by molar-refractivity contribution is 7.90. The molecule has 0 amide bonds. The molecule has 1 heterocycles. The highest BCUT2D eigenvalue weighted by Crippen LogP contribution is 2.15. The number of aliphatic hydroxyl groups excluding tert-OH is 1. The van der Waals surface area contributed by atoms with Gasteiger partial charge in [0.2, 0.25) is 10.0 Å². The van der Waals surface area contributed by atoms with Crippen molar-refractivity contribution in [2.24, 2.45) is 0 Å². The second-order valence-corrected chi connectivity index (χ2v) is 6.15. The maximum atomic E-state index is 11.8. The molecule has 1 unspecified atom stereocenters. The first-order chi connectivity index (χ1) is 7.28. The average Bonchev–Trinajstić information content (AvgIpc) is 2.61. The minimum atomic E-state index is -3.92. The van der Waals surface area contributed by atoms with Gasteiger partial charge >= 0.3 is 5.97 Å². The number of β-amino-alcohol motifs (C(OH)–C–C–N with tert-alkyl or cyclic N) is 1. The van der Waals surface area contributed by atoms with Gasteiger partial charge in [0.1, 0.15) is 0 Å². The van der Waals surface area contributed by atoms with E-state index in [0.717, 1.165) is 11.2 Å². The highest BCUT2D eigenvalue weighted by Gasteiger charge is 2.39. The van der Waals surface area contributed by atoms with Crippen LogP contribution in [-0.2, 0) is 14.8 Å². The van der Waals surface area contributed by atoms with Crippen LogP contribution in [0.4, 0.5) is 0 Å². The van der Waals surface area contributed by atoms with Crippen molar-refractivity contribution >= 4 is 16.0 Å². The molecule has 0 aromatic carbocycles. The molecule has 16 heavy (non-hydrogen) atoms. The number of hydrogen-bond acceptors (Lipinski definition) is 5. The summed E-state index contributed by atoms with van der Waals surface area (Å²) in [6.45, 7) is 1.75. The lowest BCUT2D eigenvalue weighted by Gasteiger charge is -2.27. The molecule has 0 radical (unpaired) electrons. The molecule has 0 saturated carbocycles.